The number of likely N-dealkylation sites (tertiary alicyclic amines) is 1. The van der Waals surface area contributed by atoms with Crippen LogP contribution < -0.4 is 5.73 Å². The van der Waals surface area contributed by atoms with Gasteiger partial charge in [-0.25, -0.2) is 0 Å². The van der Waals surface area contributed by atoms with Crippen LogP contribution in [0, 0.1) is 11.3 Å². The van der Waals surface area contributed by atoms with Gasteiger partial charge in [0, 0.05) is 19.7 Å². The van der Waals surface area contributed by atoms with Crippen molar-refractivity contribution >= 4 is 11.7 Å². The third kappa shape index (κ3) is 3.23. The molecule has 0 bridgehead atoms. The highest BCUT2D eigenvalue weighted by Gasteiger charge is 2.43. The lowest BCUT2D eigenvalue weighted by Gasteiger charge is -2.39. The van der Waals surface area contributed by atoms with E-state index in [0.717, 1.165) is 19.3 Å². The topological polar surface area (TPSA) is 99.2 Å². The van der Waals surface area contributed by atoms with Gasteiger partial charge < -0.3 is 20.9 Å². The Labute approximate surface area is 120 Å². The van der Waals surface area contributed by atoms with Crippen molar-refractivity contribution in [2.24, 2.45) is 22.2 Å². The maximum atomic E-state index is 12.8. The van der Waals surface area contributed by atoms with Gasteiger partial charge >= 0.3 is 0 Å². The normalized spacial score (nSPS) is 21.1. The lowest BCUT2D eigenvalue weighted by atomic mass is 9.78. The minimum absolute atomic E-state index is 0.00298. The van der Waals surface area contributed by atoms with E-state index < -0.39 is 5.41 Å². The summed E-state index contributed by atoms with van der Waals surface area (Å²) >= 11 is 0. The minimum Gasteiger partial charge on any atom is -0.409 e. The van der Waals surface area contributed by atoms with Crippen LogP contribution in [0.15, 0.2) is 5.16 Å². The molecule has 6 heteroatoms. The molecule has 0 radical (unpaired) electrons. The molecule has 1 unspecified atom stereocenters. The van der Waals surface area contributed by atoms with Crippen LogP contribution in [0.25, 0.3) is 0 Å². The average molecular weight is 285 g/mol. The van der Waals surface area contributed by atoms with Gasteiger partial charge in [0.25, 0.3) is 0 Å². The van der Waals surface area contributed by atoms with E-state index in [-0.39, 0.29) is 18.3 Å². The lowest BCUT2D eigenvalue weighted by Crippen LogP contribution is -2.53. The number of carbonyl (C=O) groups is 1. The molecule has 0 aliphatic carbocycles. The quantitative estimate of drug-likeness (QED) is 0.295. The molecule has 1 amide bonds. The highest BCUT2D eigenvalue weighted by atomic mass is 16.4. The smallest absolute Gasteiger partial charge is 0.236 e. The maximum Gasteiger partial charge on any atom is 0.236 e. The first-order chi connectivity index (χ1) is 9.55. The van der Waals surface area contributed by atoms with Crippen LogP contribution in [0.2, 0.25) is 0 Å². The van der Waals surface area contributed by atoms with Crippen LogP contribution in [-0.4, -0.2) is 46.7 Å². The number of oxime groups is 1. The van der Waals surface area contributed by atoms with Gasteiger partial charge in [0.15, 0.2) is 5.84 Å². The molecule has 1 rings (SSSR count). The maximum absolute atomic E-state index is 12.8. The van der Waals surface area contributed by atoms with Crippen LogP contribution in [0.4, 0.5) is 0 Å². The molecule has 0 spiro atoms. The van der Waals surface area contributed by atoms with Gasteiger partial charge in [-0.05, 0) is 38.0 Å². The summed E-state index contributed by atoms with van der Waals surface area (Å²) in [6.45, 7) is 5.28. The van der Waals surface area contributed by atoms with Crippen molar-refractivity contribution in [1.82, 2.24) is 4.90 Å². The van der Waals surface area contributed by atoms with Crippen LogP contribution >= 0.6 is 0 Å². The molecule has 1 fully saturated rings. The van der Waals surface area contributed by atoms with Crippen molar-refractivity contribution < 1.29 is 15.1 Å². The standard InChI is InChI=1S/C14H27N3O3/c1-3-14(4-2,12(15)16-20)13(19)17-8-5-6-11(10-17)7-9-18/h11,18,20H,3-10H2,1-2H3,(H2,15,16). The Kier molecular flexibility index (Phi) is 6.26. The fraction of sp³-hybridized carbons (Fsp3) is 0.857. The Hall–Kier alpha value is -1.30. The molecular formula is C14H27N3O3. The van der Waals surface area contributed by atoms with Crippen molar-refractivity contribution in [3.05, 3.63) is 0 Å². The van der Waals surface area contributed by atoms with E-state index in [1.165, 1.54) is 0 Å². The monoisotopic (exact) mass is 285 g/mol. The summed E-state index contributed by atoms with van der Waals surface area (Å²) in [5, 5.41) is 21.1. The fourth-order valence-corrected chi connectivity index (χ4v) is 3.09. The summed E-state index contributed by atoms with van der Waals surface area (Å²) in [5.74, 6) is 0.286. The molecular weight excluding hydrogens is 258 g/mol. The van der Waals surface area contributed by atoms with Crippen LogP contribution in [-0.2, 0) is 4.79 Å². The number of nitrogens with two attached hydrogens (primary N) is 1. The molecule has 20 heavy (non-hydrogen) atoms. The van der Waals surface area contributed by atoms with Gasteiger partial charge in [-0.15, -0.1) is 0 Å². The van der Waals surface area contributed by atoms with E-state index in [0.29, 0.717) is 31.8 Å². The Morgan fingerprint density at radius 2 is 2.10 bits per heavy atom. The molecule has 1 heterocycles. The molecule has 1 aliphatic heterocycles. The van der Waals surface area contributed by atoms with Crippen LogP contribution in [0.1, 0.15) is 46.0 Å². The average Bonchev–Trinajstić information content (AvgIpc) is 2.49. The predicted molar refractivity (Wildman–Crippen MR) is 77.4 cm³/mol. The number of rotatable bonds is 6. The number of hydrogen-bond donors (Lipinski definition) is 3. The molecule has 1 aliphatic rings. The minimum atomic E-state index is -0.907. The highest BCUT2D eigenvalue weighted by Crippen LogP contribution is 2.32. The summed E-state index contributed by atoms with van der Waals surface area (Å²) in [4.78, 5) is 14.6. The third-order valence-corrected chi connectivity index (χ3v) is 4.56. The predicted octanol–water partition coefficient (Wildman–Crippen LogP) is 1.16. The van der Waals surface area contributed by atoms with Gasteiger partial charge in [-0.1, -0.05) is 19.0 Å². The molecule has 1 atom stereocenters. The summed E-state index contributed by atoms with van der Waals surface area (Å²) in [6.07, 6.45) is 3.73. The van der Waals surface area contributed by atoms with E-state index in [9.17, 15) is 4.79 Å². The first-order valence-electron chi connectivity index (χ1n) is 7.43. The molecule has 4 N–H and O–H groups in total. The van der Waals surface area contributed by atoms with Crippen molar-refractivity contribution in [1.29, 1.82) is 0 Å². The second kappa shape index (κ2) is 7.47. The number of amides is 1. The lowest BCUT2D eigenvalue weighted by molar-refractivity contribution is -0.140. The Bertz CT molecular complexity index is 352. The van der Waals surface area contributed by atoms with Gasteiger partial charge in [0.1, 0.15) is 5.41 Å². The second-order valence-electron chi connectivity index (χ2n) is 5.55. The zero-order valence-corrected chi connectivity index (χ0v) is 12.5. The summed E-state index contributed by atoms with van der Waals surface area (Å²) in [5.41, 5.74) is 4.88. The van der Waals surface area contributed by atoms with Crippen LogP contribution in [0.5, 0.6) is 0 Å². The number of aliphatic hydroxyl groups excluding tert-OH is 1. The number of carbonyl (C=O) groups excluding carboxylic acids is 1. The SMILES string of the molecule is CCC(CC)(C(=O)N1CCCC(CCO)C1)C(N)=NO. The molecule has 0 aromatic rings. The van der Waals surface area contributed by atoms with Crippen molar-refractivity contribution in [2.75, 3.05) is 19.7 Å². The number of amidine groups is 1. The molecule has 1 saturated heterocycles. The Morgan fingerprint density at radius 3 is 2.60 bits per heavy atom. The summed E-state index contributed by atoms with van der Waals surface area (Å²) in [7, 11) is 0. The second-order valence-corrected chi connectivity index (χ2v) is 5.55. The molecule has 0 aromatic heterocycles. The number of piperidine rings is 1. The summed E-state index contributed by atoms with van der Waals surface area (Å²) < 4.78 is 0. The molecule has 0 aromatic carbocycles. The van der Waals surface area contributed by atoms with Crippen molar-refractivity contribution in [3.63, 3.8) is 0 Å². The number of nitrogens with zero attached hydrogens (tertiary/aromatic N) is 2. The largest absolute Gasteiger partial charge is 0.409 e. The van der Waals surface area contributed by atoms with E-state index in [4.69, 9.17) is 16.0 Å². The van der Waals surface area contributed by atoms with Crippen molar-refractivity contribution in [3.8, 4) is 0 Å². The zero-order valence-electron chi connectivity index (χ0n) is 12.5. The molecule has 6 nitrogen and oxygen atoms in total. The zero-order chi connectivity index (χ0) is 15.2. The van der Waals surface area contributed by atoms with E-state index in [1.54, 1.807) is 0 Å². The molecule has 0 saturated carbocycles. The summed E-state index contributed by atoms with van der Waals surface area (Å²) in [6, 6.07) is 0. The third-order valence-electron chi connectivity index (χ3n) is 4.56. The Balaban J connectivity index is 2.90. The van der Waals surface area contributed by atoms with Gasteiger partial charge in [-0.2, -0.15) is 0 Å². The number of hydrogen-bond acceptors (Lipinski definition) is 4. The fourth-order valence-electron chi connectivity index (χ4n) is 3.09. The van der Waals surface area contributed by atoms with Gasteiger partial charge in [0.2, 0.25) is 5.91 Å². The molecule has 116 valence electrons. The van der Waals surface area contributed by atoms with Crippen LogP contribution in [0.3, 0.4) is 0 Å². The van der Waals surface area contributed by atoms with Gasteiger partial charge in [0.05, 0.1) is 0 Å². The van der Waals surface area contributed by atoms with E-state index in [1.807, 2.05) is 18.7 Å². The number of aliphatic hydroxyl groups is 1. The van der Waals surface area contributed by atoms with E-state index >= 15 is 0 Å². The first-order valence-corrected chi connectivity index (χ1v) is 7.43. The Morgan fingerprint density at radius 1 is 1.45 bits per heavy atom. The van der Waals surface area contributed by atoms with E-state index in [2.05, 4.69) is 5.16 Å². The van der Waals surface area contributed by atoms with Crippen molar-refractivity contribution in [2.45, 2.75) is 46.0 Å². The van der Waals surface area contributed by atoms with Gasteiger partial charge in [-0.3, -0.25) is 4.79 Å². The highest BCUT2D eigenvalue weighted by molar-refractivity contribution is 6.06. The first kappa shape index (κ1) is 16.8.